The third kappa shape index (κ3) is 3.29. The Balaban J connectivity index is 0.00000196. The molecule has 0 spiro atoms. The monoisotopic (exact) mass is 443 g/mol. The summed E-state index contributed by atoms with van der Waals surface area (Å²) in [5, 5.41) is 3.69. The van der Waals surface area contributed by atoms with Crippen LogP contribution in [0.3, 0.4) is 0 Å². The van der Waals surface area contributed by atoms with Gasteiger partial charge in [0.05, 0.1) is 5.56 Å². The zero-order valence-corrected chi connectivity index (χ0v) is 17.3. The van der Waals surface area contributed by atoms with Crippen molar-refractivity contribution in [2.75, 3.05) is 0 Å². The molecule has 0 unspecified atom stereocenters. The van der Waals surface area contributed by atoms with Gasteiger partial charge in [-0.25, -0.2) is 6.07 Å². The first-order chi connectivity index (χ1) is 12.0. The molecule has 3 heterocycles. The van der Waals surface area contributed by atoms with Crippen molar-refractivity contribution >= 4 is 28.5 Å². The summed E-state index contributed by atoms with van der Waals surface area (Å²) in [4.78, 5) is 36.9. The molecule has 2 aromatic heterocycles. The van der Waals surface area contributed by atoms with E-state index in [2.05, 4.69) is 11.4 Å². The molecule has 1 amide bonds. The van der Waals surface area contributed by atoms with Crippen LogP contribution >= 0.6 is 11.6 Å². The van der Waals surface area contributed by atoms with Gasteiger partial charge in [-0.1, -0.05) is 29.1 Å². The molecule has 129 valence electrons. The molecular formula is C18H13ClN3O3Y-. The number of hydrogen-bond donors (Lipinski definition) is 1. The number of carbonyl (C=O) groups excluding carboxylic acids is 1. The summed E-state index contributed by atoms with van der Waals surface area (Å²) >= 11 is 5.84. The fraction of sp³-hybridized carbons (Fsp3) is 0.167. The normalized spacial score (nSPS) is 12.0. The minimum Gasteiger partial charge on any atom is -0.348 e. The van der Waals surface area contributed by atoms with Crippen molar-refractivity contribution in [1.29, 1.82) is 0 Å². The summed E-state index contributed by atoms with van der Waals surface area (Å²) < 4.78 is 3.27. The minimum atomic E-state index is -0.449. The maximum Gasteiger partial charge on any atom is 0.255 e. The van der Waals surface area contributed by atoms with Gasteiger partial charge in [-0.3, -0.25) is 9.59 Å². The van der Waals surface area contributed by atoms with Gasteiger partial charge in [0.15, 0.2) is 5.56 Å². The number of amides is 1. The molecule has 8 heteroatoms. The number of nitrogens with zero attached hydrogens (tertiary/aromatic N) is 2. The summed E-state index contributed by atoms with van der Waals surface area (Å²) in [5.41, 5.74) is 0.820. The summed E-state index contributed by atoms with van der Waals surface area (Å²) in [6.07, 6.45) is 1.52. The molecule has 1 radical (unpaired) electrons. The first-order valence-electron chi connectivity index (χ1n) is 7.76. The van der Waals surface area contributed by atoms with Gasteiger partial charge >= 0.3 is 0 Å². The van der Waals surface area contributed by atoms with Crippen molar-refractivity contribution in [3.8, 4) is 0 Å². The van der Waals surface area contributed by atoms with Gasteiger partial charge in [-0.15, -0.1) is 0 Å². The Labute approximate surface area is 178 Å². The topological polar surface area (TPSA) is 73.1 Å². The number of aromatic nitrogens is 2. The molecule has 0 bridgehead atoms. The number of carbonyl (C=O) groups is 1. The zero-order valence-electron chi connectivity index (χ0n) is 13.7. The Bertz CT molecular complexity index is 1120. The second-order valence-corrected chi connectivity index (χ2v) is 6.29. The predicted molar refractivity (Wildman–Crippen MR) is 93.9 cm³/mol. The molecular weight excluding hydrogens is 431 g/mol. The van der Waals surface area contributed by atoms with Crippen LogP contribution in [0.4, 0.5) is 0 Å². The largest absolute Gasteiger partial charge is 0.348 e. The maximum absolute atomic E-state index is 12.6. The van der Waals surface area contributed by atoms with Gasteiger partial charge in [0.2, 0.25) is 0 Å². The van der Waals surface area contributed by atoms with Gasteiger partial charge < -0.3 is 19.2 Å². The van der Waals surface area contributed by atoms with Gasteiger partial charge in [0, 0.05) is 69.2 Å². The summed E-state index contributed by atoms with van der Waals surface area (Å²) in [5.74, 6) is -0.449. The van der Waals surface area contributed by atoms with E-state index >= 15 is 0 Å². The SMILES string of the molecule is O=C(NCc1ccc(Cl)cc1)c1cn2c3c(c[c-]c(=O)n3CC2)c1=O.[Y]. The van der Waals surface area contributed by atoms with E-state index < -0.39 is 11.3 Å². The van der Waals surface area contributed by atoms with Crippen LogP contribution in [0, 0.1) is 6.07 Å². The second-order valence-electron chi connectivity index (χ2n) is 5.86. The van der Waals surface area contributed by atoms with Crippen molar-refractivity contribution in [3.05, 3.63) is 79.3 Å². The van der Waals surface area contributed by atoms with Crippen LogP contribution in [-0.4, -0.2) is 15.0 Å². The van der Waals surface area contributed by atoms with Gasteiger partial charge in [0.1, 0.15) is 5.43 Å². The minimum absolute atomic E-state index is 0. The Morgan fingerprint density at radius 1 is 1.19 bits per heavy atom. The molecule has 1 aliphatic heterocycles. The maximum atomic E-state index is 12.6. The van der Waals surface area contributed by atoms with Gasteiger partial charge in [-0.2, -0.15) is 6.07 Å². The average molecular weight is 444 g/mol. The summed E-state index contributed by atoms with van der Waals surface area (Å²) in [7, 11) is 0. The molecule has 3 aromatic rings. The van der Waals surface area contributed by atoms with Crippen LogP contribution in [-0.2, 0) is 52.3 Å². The van der Waals surface area contributed by atoms with Crippen molar-refractivity contribution in [2.45, 2.75) is 19.6 Å². The third-order valence-corrected chi connectivity index (χ3v) is 4.56. The van der Waals surface area contributed by atoms with Crippen molar-refractivity contribution in [1.82, 2.24) is 14.5 Å². The van der Waals surface area contributed by atoms with E-state index in [9.17, 15) is 14.4 Å². The molecule has 0 fully saturated rings. The molecule has 0 saturated heterocycles. The van der Waals surface area contributed by atoms with Crippen molar-refractivity contribution in [3.63, 3.8) is 0 Å². The number of nitrogens with one attached hydrogen (secondary N) is 1. The number of halogens is 1. The summed E-state index contributed by atoms with van der Waals surface area (Å²) in [6.45, 7) is 1.31. The van der Waals surface area contributed by atoms with Crippen LogP contribution in [0.15, 0.2) is 46.1 Å². The van der Waals surface area contributed by atoms with Crippen molar-refractivity contribution in [2.24, 2.45) is 0 Å². The van der Waals surface area contributed by atoms with E-state index in [0.717, 1.165) is 5.56 Å². The van der Waals surface area contributed by atoms with Crippen molar-refractivity contribution < 1.29 is 37.5 Å². The van der Waals surface area contributed by atoms with Crippen LogP contribution < -0.4 is 16.3 Å². The molecule has 0 saturated carbocycles. The fourth-order valence-corrected chi connectivity index (χ4v) is 3.17. The van der Waals surface area contributed by atoms with Crippen LogP contribution in [0.25, 0.3) is 11.0 Å². The molecule has 6 nitrogen and oxygen atoms in total. The fourth-order valence-electron chi connectivity index (χ4n) is 3.04. The molecule has 1 aliphatic rings. The van der Waals surface area contributed by atoms with Crippen LogP contribution in [0.5, 0.6) is 0 Å². The quantitative estimate of drug-likeness (QED) is 0.625. The molecule has 0 atom stereocenters. The Kier molecular flexibility index (Phi) is 5.46. The average Bonchev–Trinajstić information content (AvgIpc) is 3.04. The number of hydrogen-bond acceptors (Lipinski definition) is 3. The van der Waals surface area contributed by atoms with E-state index in [-0.39, 0.29) is 43.8 Å². The van der Waals surface area contributed by atoms with Gasteiger partial charge in [0.25, 0.3) is 5.91 Å². The number of pyridine rings is 2. The molecule has 1 N–H and O–H groups in total. The number of rotatable bonds is 3. The summed E-state index contributed by atoms with van der Waals surface area (Å²) in [6, 6.07) is 11.0. The first-order valence-corrected chi connectivity index (χ1v) is 8.14. The standard InChI is InChI=1S/C18H13ClN3O3.Y/c19-12-3-1-11(2-4-12)9-20-17(25)14-10-21-7-8-22-15(23)6-5-13(16(14)24)18(21)22;/h1-5,10H,7-9H2,(H,20,25);/q-1;. The first kappa shape index (κ1) is 19.0. The van der Waals surface area contributed by atoms with E-state index in [0.29, 0.717) is 35.7 Å². The predicted octanol–water partition coefficient (Wildman–Crippen LogP) is 1.56. The molecule has 4 rings (SSSR count). The Morgan fingerprint density at radius 3 is 2.65 bits per heavy atom. The van der Waals surface area contributed by atoms with E-state index in [1.165, 1.54) is 16.8 Å². The smallest absolute Gasteiger partial charge is 0.255 e. The van der Waals surface area contributed by atoms with E-state index in [1.807, 2.05) is 12.1 Å². The molecule has 1 aromatic carbocycles. The second kappa shape index (κ2) is 7.47. The zero-order chi connectivity index (χ0) is 17.6. The number of benzene rings is 1. The molecule has 26 heavy (non-hydrogen) atoms. The third-order valence-electron chi connectivity index (χ3n) is 4.30. The van der Waals surface area contributed by atoms with E-state index in [4.69, 9.17) is 11.6 Å². The van der Waals surface area contributed by atoms with Crippen LogP contribution in [0.2, 0.25) is 5.02 Å². The molecule has 0 aliphatic carbocycles. The Morgan fingerprint density at radius 2 is 1.92 bits per heavy atom. The number of aryl methyl sites for hydroxylation is 2. The van der Waals surface area contributed by atoms with Gasteiger partial charge in [-0.05, 0) is 17.7 Å². The Hall–Kier alpha value is -1.76. The van der Waals surface area contributed by atoms with E-state index in [1.54, 1.807) is 16.7 Å². The van der Waals surface area contributed by atoms with Crippen LogP contribution in [0.1, 0.15) is 15.9 Å².